The predicted molar refractivity (Wildman–Crippen MR) is 79.4 cm³/mol. The Kier molecular flexibility index (Phi) is 5.08. The van der Waals surface area contributed by atoms with Crippen molar-refractivity contribution in [3.8, 4) is 0 Å². The molecule has 6 nitrogen and oxygen atoms in total. The molecule has 0 spiro atoms. The highest BCUT2D eigenvalue weighted by molar-refractivity contribution is 5.97. The number of nitrogens with one attached hydrogen (secondary N) is 2. The molecule has 112 valence electrons. The second-order valence-electron chi connectivity index (χ2n) is 4.72. The number of pyridine rings is 1. The van der Waals surface area contributed by atoms with Crippen molar-refractivity contribution >= 4 is 16.8 Å². The molecular formula is C15H18N2O4. The van der Waals surface area contributed by atoms with E-state index in [1.807, 2.05) is 6.07 Å². The van der Waals surface area contributed by atoms with Gasteiger partial charge >= 0.3 is 0 Å². The summed E-state index contributed by atoms with van der Waals surface area (Å²) < 4.78 is 4.98. The molecule has 3 N–H and O–H groups in total. The number of aromatic nitrogens is 1. The summed E-state index contributed by atoms with van der Waals surface area (Å²) in [5.41, 5.74) is 0.414. The fourth-order valence-electron chi connectivity index (χ4n) is 2.15. The van der Waals surface area contributed by atoms with Crippen molar-refractivity contribution in [1.82, 2.24) is 10.3 Å². The SMILES string of the molecule is COCC(CCO)NC(=O)c1c[nH]c2ccccc2c1=O. The van der Waals surface area contributed by atoms with Gasteiger partial charge in [-0.2, -0.15) is 0 Å². The third-order valence-corrected chi connectivity index (χ3v) is 3.21. The summed E-state index contributed by atoms with van der Waals surface area (Å²) in [6.45, 7) is 0.209. The lowest BCUT2D eigenvalue weighted by atomic mass is 10.1. The summed E-state index contributed by atoms with van der Waals surface area (Å²) >= 11 is 0. The number of aromatic amines is 1. The smallest absolute Gasteiger partial charge is 0.257 e. The molecule has 1 atom stereocenters. The number of fused-ring (bicyclic) bond motifs is 1. The van der Waals surface area contributed by atoms with Gasteiger partial charge in [-0.1, -0.05) is 12.1 Å². The Hall–Kier alpha value is -2.18. The van der Waals surface area contributed by atoms with Crippen molar-refractivity contribution in [2.75, 3.05) is 20.3 Å². The summed E-state index contributed by atoms with van der Waals surface area (Å²) in [6, 6.07) is 6.67. The van der Waals surface area contributed by atoms with E-state index < -0.39 is 5.91 Å². The summed E-state index contributed by atoms with van der Waals surface area (Å²) in [7, 11) is 1.51. The molecule has 0 saturated heterocycles. The lowest BCUT2D eigenvalue weighted by Gasteiger charge is -2.16. The summed E-state index contributed by atoms with van der Waals surface area (Å²) in [5.74, 6) is -0.475. The number of amides is 1. The third-order valence-electron chi connectivity index (χ3n) is 3.21. The maximum absolute atomic E-state index is 12.3. The zero-order valence-electron chi connectivity index (χ0n) is 11.8. The van der Waals surface area contributed by atoms with E-state index in [0.29, 0.717) is 17.3 Å². The Labute approximate surface area is 121 Å². The lowest BCUT2D eigenvalue weighted by molar-refractivity contribution is 0.0877. The first-order valence-corrected chi connectivity index (χ1v) is 6.68. The number of carbonyl (C=O) groups excluding carboxylic acids is 1. The number of hydrogen-bond acceptors (Lipinski definition) is 4. The Morgan fingerprint density at radius 2 is 2.19 bits per heavy atom. The molecule has 2 rings (SSSR count). The second-order valence-corrected chi connectivity index (χ2v) is 4.72. The van der Waals surface area contributed by atoms with Crippen molar-refractivity contribution in [3.05, 3.63) is 46.2 Å². The summed E-state index contributed by atoms with van der Waals surface area (Å²) in [4.78, 5) is 27.4. The molecule has 0 fully saturated rings. The van der Waals surface area contributed by atoms with Gasteiger partial charge in [0.15, 0.2) is 0 Å². The monoisotopic (exact) mass is 290 g/mol. The zero-order chi connectivity index (χ0) is 15.2. The number of benzene rings is 1. The van der Waals surface area contributed by atoms with Crippen molar-refractivity contribution in [2.45, 2.75) is 12.5 Å². The fourth-order valence-corrected chi connectivity index (χ4v) is 2.15. The van der Waals surface area contributed by atoms with Crippen LogP contribution >= 0.6 is 0 Å². The number of aliphatic hydroxyl groups excluding tert-OH is 1. The molecule has 0 saturated carbocycles. The largest absolute Gasteiger partial charge is 0.396 e. The molecule has 0 bridgehead atoms. The van der Waals surface area contributed by atoms with Gasteiger partial charge in [0, 0.05) is 30.8 Å². The van der Waals surface area contributed by atoms with Gasteiger partial charge in [-0.05, 0) is 18.6 Å². The van der Waals surface area contributed by atoms with Crippen LogP contribution in [0.15, 0.2) is 35.3 Å². The third kappa shape index (κ3) is 3.48. The number of methoxy groups -OCH3 is 1. The Morgan fingerprint density at radius 1 is 1.43 bits per heavy atom. The van der Waals surface area contributed by atoms with Crippen molar-refractivity contribution in [1.29, 1.82) is 0 Å². The molecule has 0 radical (unpaired) electrons. The molecule has 0 aliphatic heterocycles. The molecule has 1 aromatic carbocycles. The number of para-hydroxylation sites is 1. The highest BCUT2D eigenvalue weighted by atomic mass is 16.5. The molecule has 21 heavy (non-hydrogen) atoms. The molecule has 1 aromatic heterocycles. The van der Waals surface area contributed by atoms with Crippen LogP contribution in [-0.4, -0.2) is 42.4 Å². The van der Waals surface area contributed by atoms with E-state index in [-0.39, 0.29) is 30.2 Å². The summed E-state index contributed by atoms with van der Waals surface area (Å²) in [6.07, 6.45) is 1.77. The van der Waals surface area contributed by atoms with E-state index in [1.165, 1.54) is 13.3 Å². The van der Waals surface area contributed by atoms with Gasteiger partial charge in [-0.25, -0.2) is 0 Å². The first-order valence-electron chi connectivity index (χ1n) is 6.68. The molecule has 0 aliphatic rings. The van der Waals surface area contributed by atoms with Crippen LogP contribution in [0.1, 0.15) is 16.8 Å². The van der Waals surface area contributed by atoms with E-state index in [1.54, 1.807) is 18.2 Å². The molecule has 0 aliphatic carbocycles. The van der Waals surface area contributed by atoms with Crippen LogP contribution < -0.4 is 10.7 Å². The van der Waals surface area contributed by atoms with Gasteiger partial charge in [-0.3, -0.25) is 9.59 Å². The highest BCUT2D eigenvalue weighted by Crippen LogP contribution is 2.07. The quantitative estimate of drug-likeness (QED) is 0.728. The minimum atomic E-state index is -0.475. The molecule has 1 heterocycles. The minimum absolute atomic E-state index is 0.0488. The maximum Gasteiger partial charge on any atom is 0.257 e. The molecule has 6 heteroatoms. The van der Waals surface area contributed by atoms with Crippen LogP contribution in [0.2, 0.25) is 0 Å². The van der Waals surface area contributed by atoms with Crippen LogP contribution in [0.25, 0.3) is 10.9 Å². The van der Waals surface area contributed by atoms with Crippen LogP contribution in [0.4, 0.5) is 0 Å². The number of ether oxygens (including phenoxy) is 1. The number of carbonyl (C=O) groups is 1. The molecular weight excluding hydrogens is 272 g/mol. The lowest BCUT2D eigenvalue weighted by Crippen LogP contribution is -2.40. The molecule has 2 aromatic rings. The van der Waals surface area contributed by atoms with Gasteiger partial charge in [0.1, 0.15) is 5.56 Å². The van der Waals surface area contributed by atoms with Gasteiger partial charge < -0.3 is 20.1 Å². The number of H-pyrrole nitrogens is 1. The van der Waals surface area contributed by atoms with E-state index in [9.17, 15) is 9.59 Å². The second kappa shape index (κ2) is 7.01. The van der Waals surface area contributed by atoms with Gasteiger partial charge in [0.05, 0.1) is 12.6 Å². The summed E-state index contributed by atoms with van der Waals surface area (Å²) in [5, 5.41) is 12.1. The Morgan fingerprint density at radius 3 is 2.90 bits per heavy atom. The number of rotatable bonds is 6. The van der Waals surface area contributed by atoms with Gasteiger partial charge in [0.25, 0.3) is 5.91 Å². The topological polar surface area (TPSA) is 91.4 Å². The standard InChI is InChI=1S/C15H18N2O4/c1-21-9-10(6-7-18)17-15(20)12-8-16-13-5-3-2-4-11(13)14(12)19/h2-5,8,10,18H,6-7,9H2,1H3,(H,16,19)(H,17,20). The van der Waals surface area contributed by atoms with E-state index in [4.69, 9.17) is 9.84 Å². The van der Waals surface area contributed by atoms with Crippen LogP contribution in [0.5, 0.6) is 0 Å². The van der Waals surface area contributed by atoms with Gasteiger partial charge in [0.2, 0.25) is 5.43 Å². The average molecular weight is 290 g/mol. The number of aliphatic hydroxyl groups is 1. The first kappa shape index (κ1) is 15.2. The molecule has 1 unspecified atom stereocenters. The van der Waals surface area contributed by atoms with Crippen molar-refractivity contribution < 1.29 is 14.6 Å². The van der Waals surface area contributed by atoms with E-state index in [0.717, 1.165) is 0 Å². The fraction of sp³-hybridized carbons (Fsp3) is 0.333. The number of hydrogen-bond donors (Lipinski definition) is 3. The van der Waals surface area contributed by atoms with E-state index >= 15 is 0 Å². The van der Waals surface area contributed by atoms with Crippen LogP contribution in [0, 0.1) is 0 Å². The van der Waals surface area contributed by atoms with E-state index in [2.05, 4.69) is 10.3 Å². The molecule has 1 amide bonds. The van der Waals surface area contributed by atoms with Crippen molar-refractivity contribution in [2.24, 2.45) is 0 Å². The Bertz CT molecular complexity index is 675. The normalized spacial score (nSPS) is 12.3. The van der Waals surface area contributed by atoms with Crippen LogP contribution in [0.3, 0.4) is 0 Å². The zero-order valence-corrected chi connectivity index (χ0v) is 11.8. The van der Waals surface area contributed by atoms with Crippen molar-refractivity contribution in [3.63, 3.8) is 0 Å². The first-order chi connectivity index (χ1) is 10.2. The Balaban J connectivity index is 2.27. The minimum Gasteiger partial charge on any atom is -0.396 e. The highest BCUT2D eigenvalue weighted by Gasteiger charge is 2.17. The average Bonchev–Trinajstić information content (AvgIpc) is 2.48. The van der Waals surface area contributed by atoms with Crippen LogP contribution in [-0.2, 0) is 4.74 Å². The van der Waals surface area contributed by atoms with Gasteiger partial charge in [-0.15, -0.1) is 0 Å². The maximum atomic E-state index is 12.3. The predicted octanol–water partition coefficient (Wildman–Crippen LogP) is 0.655.